The van der Waals surface area contributed by atoms with Gasteiger partial charge in [-0.3, -0.25) is 9.59 Å². The normalized spacial score (nSPS) is 19.1. The minimum atomic E-state index is -3.02. The molecule has 1 amide bonds. The lowest BCUT2D eigenvalue weighted by atomic mass is 10.1. The van der Waals surface area contributed by atoms with E-state index in [0.29, 0.717) is 17.9 Å². The van der Waals surface area contributed by atoms with Crippen LogP contribution in [-0.4, -0.2) is 45.5 Å². The third-order valence-corrected chi connectivity index (χ3v) is 5.36. The number of benzene rings is 1. The van der Waals surface area contributed by atoms with Crippen molar-refractivity contribution in [2.75, 3.05) is 30.5 Å². The molecule has 1 aliphatic rings. The van der Waals surface area contributed by atoms with E-state index in [1.165, 1.54) is 0 Å². The summed E-state index contributed by atoms with van der Waals surface area (Å²) < 4.78 is 32.5. The lowest BCUT2D eigenvalue weighted by Crippen LogP contribution is -2.22. The van der Waals surface area contributed by atoms with Crippen molar-refractivity contribution in [1.82, 2.24) is 0 Å². The molecule has 0 bridgehead atoms. The third kappa shape index (κ3) is 5.55. The monoisotopic (exact) mass is 341 g/mol. The minimum Gasteiger partial charge on any atom is -0.497 e. The molecule has 7 nitrogen and oxygen atoms in total. The highest BCUT2D eigenvalue weighted by Gasteiger charge is 2.29. The van der Waals surface area contributed by atoms with Crippen LogP contribution in [0.1, 0.15) is 12.8 Å². The fraction of sp³-hybridized carbons (Fsp3) is 0.467. The maximum Gasteiger partial charge on any atom is 0.306 e. The fourth-order valence-electron chi connectivity index (χ4n) is 2.35. The first-order valence-corrected chi connectivity index (χ1v) is 9.00. The quantitative estimate of drug-likeness (QED) is 0.775. The van der Waals surface area contributed by atoms with E-state index >= 15 is 0 Å². The molecule has 0 aliphatic carbocycles. The number of methoxy groups -OCH3 is 1. The molecule has 1 aromatic carbocycles. The molecule has 0 radical (unpaired) electrons. The van der Waals surface area contributed by atoms with Gasteiger partial charge in [-0.1, -0.05) is 0 Å². The van der Waals surface area contributed by atoms with E-state index in [1.807, 2.05) is 0 Å². The molecule has 126 valence electrons. The highest BCUT2D eigenvalue weighted by atomic mass is 32.2. The Kier molecular flexibility index (Phi) is 5.59. The van der Waals surface area contributed by atoms with Crippen LogP contribution in [0.25, 0.3) is 0 Å². The lowest BCUT2D eigenvalue weighted by molar-refractivity contribution is -0.148. The smallest absolute Gasteiger partial charge is 0.306 e. The van der Waals surface area contributed by atoms with Crippen molar-refractivity contribution < 1.29 is 27.5 Å². The number of ether oxygens (including phenoxy) is 2. The van der Waals surface area contributed by atoms with Gasteiger partial charge in [0.25, 0.3) is 5.91 Å². The number of nitrogens with one attached hydrogen (secondary N) is 1. The molecule has 23 heavy (non-hydrogen) atoms. The van der Waals surface area contributed by atoms with Crippen molar-refractivity contribution in [3.05, 3.63) is 24.3 Å². The molecular weight excluding hydrogens is 322 g/mol. The molecule has 1 saturated heterocycles. The van der Waals surface area contributed by atoms with Gasteiger partial charge in [0, 0.05) is 12.1 Å². The van der Waals surface area contributed by atoms with Crippen molar-refractivity contribution in [3.63, 3.8) is 0 Å². The molecule has 1 N–H and O–H groups in total. The van der Waals surface area contributed by atoms with Gasteiger partial charge in [-0.2, -0.15) is 0 Å². The summed E-state index contributed by atoms with van der Waals surface area (Å²) in [6, 6.07) is 6.73. The standard InChI is InChI=1S/C15H19NO6S/c1-21-13-4-2-12(3-5-13)16-14(17)9-22-15(18)8-11-6-7-23(19,20)10-11/h2-5,11H,6-10H2,1H3,(H,16,17). The lowest BCUT2D eigenvalue weighted by Gasteiger charge is -2.09. The van der Waals surface area contributed by atoms with Crippen LogP contribution in [-0.2, 0) is 24.2 Å². The number of hydrogen-bond donors (Lipinski definition) is 1. The number of amides is 1. The van der Waals surface area contributed by atoms with E-state index in [4.69, 9.17) is 9.47 Å². The summed E-state index contributed by atoms with van der Waals surface area (Å²) in [4.78, 5) is 23.3. The zero-order valence-corrected chi connectivity index (χ0v) is 13.6. The molecular formula is C15H19NO6S. The van der Waals surface area contributed by atoms with Crippen molar-refractivity contribution in [1.29, 1.82) is 0 Å². The number of anilines is 1. The molecule has 1 aromatic rings. The first-order chi connectivity index (χ1) is 10.9. The Morgan fingerprint density at radius 2 is 1.96 bits per heavy atom. The van der Waals surface area contributed by atoms with Gasteiger partial charge in [-0.25, -0.2) is 8.42 Å². The van der Waals surface area contributed by atoms with Crippen LogP contribution in [0.3, 0.4) is 0 Å². The number of hydrogen-bond acceptors (Lipinski definition) is 6. The maximum atomic E-state index is 11.7. The summed E-state index contributed by atoms with van der Waals surface area (Å²) in [5, 5.41) is 2.59. The van der Waals surface area contributed by atoms with Crippen molar-refractivity contribution in [2.45, 2.75) is 12.8 Å². The van der Waals surface area contributed by atoms with Gasteiger partial charge in [0.15, 0.2) is 16.4 Å². The molecule has 1 fully saturated rings. The third-order valence-electron chi connectivity index (χ3n) is 3.52. The number of rotatable bonds is 6. The molecule has 8 heteroatoms. The number of carbonyl (C=O) groups is 2. The zero-order valence-electron chi connectivity index (χ0n) is 12.8. The summed E-state index contributed by atoms with van der Waals surface area (Å²) in [5.41, 5.74) is 0.564. The van der Waals surface area contributed by atoms with Gasteiger partial charge < -0.3 is 14.8 Å². The Morgan fingerprint density at radius 3 is 2.52 bits per heavy atom. The Morgan fingerprint density at radius 1 is 1.26 bits per heavy atom. The summed E-state index contributed by atoms with van der Waals surface area (Å²) >= 11 is 0. The SMILES string of the molecule is COc1ccc(NC(=O)COC(=O)CC2CCS(=O)(=O)C2)cc1. The van der Waals surface area contributed by atoms with E-state index in [-0.39, 0.29) is 23.8 Å². The fourth-order valence-corrected chi connectivity index (χ4v) is 4.21. The second-order valence-corrected chi connectivity index (χ2v) is 7.64. The van der Waals surface area contributed by atoms with E-state index in [1.54, 1.807) is 31.4 Å². The second kappa shape index (κ2) is 7.45. The van der Waals surface area contributed by atoms with Gasteiger partial charge in [0.1, 0.15) is 5.75 Å². The van der Waals surface area contributed by atoms with Crippen LogP contribution in [0, 0.1) is 5.92 Å². The van der Waals surface area contributed by atoms with Crippen LogP contribution < -0.4 is 10.1 Å². The van der Waals surface area contributed by atoms with E-state index < -0.39 is 28.3 Å². The average Bonchev–Trinajstić information content (AvgIpc) is 2.85. The van der Waals surface area contributed by atoms with Gasteiger partial charge in [0.05, 0.1) is 18.6 Å². The molecule has 1 atom stereocenters. The number of carbonyl (C=O) groups excluding carboxylic acids is 2. The Balaban J connectivity index is 1.72. The highest BCUT2D eigenvalue weighted by molar-refractivity contribution is 7.91. The van der Waals surface area contributed by atoms with Gasteiger partial charge in [0.2, 0.25) is 0 Å². The second-order valence-electron chi connectivity index (χ2n) is 5.41. The average molecular weight is 341 g/mol. The van der Waals surface area contributed by atoms with Gasteiger partial charge in [-0.05, 0) is 36.6 Å². The molecule has 2 rings (SSSR count). The summed E-state index contributed by atoms with van der Waals surface area (Å²) in [5.74, 6) is -0.430. The number of esters is 1. The molecule has 0 spiro atoms. The first kappa shape index (κ1) is 17.3. The molecule has 0 saturated carbocycles. The highest BCUT2D eigenvalue weighted by Crippen LogP contribution is 2.21. The van der Waals surface area contributed by atoms with Crippen molar-refractivity contribution in [2.24, 2.45) is 5.92 Å². The summed E-state index contributed by atoms with van der Waals surface area (Å²) in [6.45, 7) is -0.398. The Bertz CT molecular complexity index is 668. The van der Waals surface area contributed by atoms with E-state index in [2.05, 4.69) is 5.32 Å². The van der Waals surface area contributed by atoms with E-state index in [9.17, 15) is 18.0 Å². The van der Waals surface area contributed by atoms with Crippen LogP contribution in [0.5, 0.6) is 5.75 Å². The summed E-state index contributed by atoms with van der Waals surface area (Å²) in [6.07, 6.45) is 0.491. The zero-order chi connectivity index (χ0) is 16.9. The first-order valence-electron chi connectivity index (χ1n) is 7.18. The van der Waals surface area contributed by atoms with Crippen LogP contribution >= 0.6 is 0 Å². The van der Waals surface area contributed by atoms with Gasteiger partial charge >= 0.3 is 5.97 Å². The maximum absolute atomic E-state index is 11.7. The predicted molar refractivity (Wildman–Crippen MR) is 84.0 cm³/mol. The largest absolute Gasteiger partial charge is 0.497 e. The van der Waals surface area contributed by atoms with Crippen LogP contribution in [0.2, 0.25) is 0 Å². The van der Waals surface area contributed by atoms with E-state index in [0.717, 1.165) is 0 Å². The number of sulfone groups is 1. The molecule has 0 aromatic heterocycles. The minimum absolute atomic E-state index is 0.0140. The van der Waals surface area contributed by atoms with Crippen LogP contribution in [0.15, 0.2) is 24.3 Å². The molecule has 1 aliphatic heterocycles. The van der Waals surface area contributed by atoms with Crippen LogP contribution in [0.4, 0.5) is 5.69 Å². The van der Waals surface area contributed by atoms with Crippen molar-refractivity contribution >= 4 is 27.4 Å². The Hall–Kier alpha value is -2.09. The van der Waals surface area contributed by atoms with Crippen molar-refractivity contribution in [3.8, 4) is 5.75 Å². The molecule has 1 unspecified atom stereocenters. The molecule has 1 heterocycles. The summed E-state index contributed by atoms with van der Waals surface area (Å²) in [7, 11) is -1.47. The predicted octanol–water partition coefficient (Wildman–Crippen LogP) is 1.00. The Labute approximate surface area is 134 Å². The van der Waals surface area contributed by atoms with Gasteiger partial charge in [-0.15, -0.1) is 0 Å². The topological polar surface area (TPSA) is 98.8 Å².